The Balaban J connectivity index is 1.82. The molecule has 3 rings (SSSR count). The van der Waals surface area contributed by atoms with Gasteiger partial charge in [0, 0.05) is 16.5 Å². The summed E-state index contributed by atoms with van der Waals surface area (Å²) in [5, 5.41) is 23.1. The number of benzene rings is 1. The van der Waals surface area contributed by atoms with Crippen LogP contribution in [0.3, 0.4) is 0 Å². The smallest absolute Gasteiger partial charge is 0.189 e. The van der Waals surface area contributed by atoms with E-state index in [1.54, 1.807) is 18.2 Å². The zero-order chi connectivity index (χ0) is 14.1. The molecule has 0 spiro atoms. The monoisotopic (exact) mass is 312 g/mol. The minimum absolute atomic E-state index is 0.136. The van der Waals surface area contributed by atoms with E-state index >= 15 is 0 Å². The summed E-state index contributed by atoms with van der Waals surface area (Å²) in [6.45, 7) is 0.136. The van der Waals surface area contributed by atoms with Gasteiger partial charge in [-0.1, -0.05) is 11.6 Å². The number of halogens is 2. The van der Waals surface area contributed by atoms with Crippen LogP contribution < -0.4 is 0 Å². The SMILES string of the molecule is O[C@@H](Cn1nnc(CCl)n1)c1cc2ccc(Cl)cc2o1. The maximum atomic E-state index is 10.1. The van der Waals surface area contributed by atoms with Gasteiger partial charge >= 0.3 is 0 Å². The second-order valence-corrected chi connectivity index (χ2v) is 4.94. The molecule has 6 nitrogen and oxygen atoms in total. The van der Waals surface area contributed by atoms with Gasteiger partial charge in [-0.25, -0.2) is 0 Å². The van der Waals surface area contributed by atoms with Crippen LogP contribution in [-0.4, -0.2) is 25.3 Å². The zero-order valence-corrected chi connectivity index (χ0v) is 11.7. The molecule has 0 saturated carbocycles. The molecule has 1 atom stereocenters. The molecule has 8 heteroatoms. The molecule has 0 unspecified atom stereocenters. The van der Waals surface area contributed by atoms with E-state index in [0.29, 0.717) is 22.2 Å². The van der Waals surface area contributed by atoms with Crippen molar-refractivity contribution in [3.63, 3.8) is 0 Å². The summed E-state index contributed by atoms with van der Waals surface area (Å²) in [4.78, 5) is 1.28. The van der Waals surface area contributed by atoms with Crippen molar-refractivity contribution < 1.29 is 9.52 Å². The van der Waals surface area contributed by atoms with Crippen LogP contribution >= 0.6 is 23.2 Å². The van der Waals surface area contributed by atoms with Gasteiger partial charge < -0.3 is 9.52 Å². The van der Waals surface area contributed by atoms with Gasteiger partial charge in [0.1, 0.15) is 17.4 Å². The molecule has 0 saturated heterocycles. The first-order chi connectivity index (χ1) is 9.65. The van der Waals surface area contributed by atoms with Crippen molar-refractivity contribution in [1.29, 1.82) is 0 Å². The van der Waals surface area contributed by atoms with Crippen LogP contribution in [0.15, 0.2) is 28.7 Å². The average molecular weight is 313 g/mol. The molecule has 3 aromatic rings. The highest BCUT2D eigenvalue weighted by Crippen LogP contribution is 2.26. The topological polar surface area (TPSA) is 77.0 Å². The quantitative estimate of drug-likeness (QED) is 0.749. The third kappa shape index (κ3) is 2.63. The van der Waals surface area contributed by atoms with Gasteiger partial charge in [0.15, 0.2) is 5.82 Å². The highest BCUT2D eigenvalue weighted by Gasteiger charge is 2.16. The predicted molar refractivity (Wildman–Crippen MR) is 73.6 cm³/mol. The Morgan fingerprint density at radius 2 is 2.20 bits per heavy atom. The summed E-state index contributed by atoms with van der Waals surface area (Å²) in [6, 6.07) is 7.06. The van der Waals surface area contributed by atoms with E-state index in [2.05, 4.69) is 15.4 Å². The maximum absolute atomic E-state index is 10.1. The van der Waals surface area contributed by atoms with Crippen molar-refractivity contribution in [3.8, 4) is 0 Å². The summed E-state index contributed by atoms with van der Waals surface area (Å²) < 4.78 is 5.57. The van der Waals surface area contributed by atoms with Gasteiger partial charge in [-0.05, 0) is 23.4 Å². The minimum atomic E-state index is -0.876. The van der Waals surface area contributed by atoms with Gasteiger partial charge in [-0.15, -0.1) is 21.8 Å². The van der Waals surface area contributed by atoms with E-state index in [0.717, 1.165) is 5.39 Å². The lowest BCUT2D eigenvalue weighted by Gasteiger charge is -2.05. The lowest BCUT2D eigenvalue weighted by Crippen LogP contribution is -2.11. The van der Waals surface area contributed by atoms with E-state index in [9.17, 15) is 5.11 Å². The summed E-state index contributed by atoms with van der Waals surface area (Å²) in [6.07, 6.45) is -0.876. The molecular weight excluding hydrogens is 303 g/mol. The van der Waals surface area contributed by atoms with Crippen LogP contribution in [0.4, 0.5) is 0 Å². The number of rotatable bonds is 4. The van der Waals surface area contributed by atoms with Crippen LogP contribution in [-0.2, 0) is 12.4 Å². The molecule has 0 aliphatic rings. The normalized spacial score (nSPS) is 12.9. The number of aromatic nitrogens is 4. The first kappa shape index (κ1) is 13.4. The van der Waals surface area contributed by atoms with Crippen molar-refractivity contribution in [3.05, 3.63) is 40.9 Å². The van der Waals surface area contributed by atoms with Crippen molar-refractivity contribution in [2.45, 2.75) is 18.5 Å². The molecule has 20 heavy (non-hydrogen) atoms. The number of alkyl halides is 1. The summed E-state index contributed by atoms with van der Waals surface area (Å²) in [7, 11) is 0. The molecule has 2 heterocycles. The third-order valence-electron chi connectivity index (χ3n) is 2.78. The Bertz CT molecular complexity index is 740. The standard InChI is InChI=1S/C12H10Cl2N4O2/c13-5-12-15-17-18(16-12)6-9(19)11-3-7-1-2-8(14)4-10(7)20-11/h1-4,9,19H,5-6H2/t9-/m0/s1. The van der Waals surface area contributed by atoms with Gasteiger partial charge in [0.05, 0.1) is 12.4 Å². The molecule has 2 aromatic heterocycles. The van der Waals surface area contributed by atoms with Crippen molar-refractivity contribution in [2.24, 2.45) is 0 Å². The first-order valence-corrected chi connectivity index (χ1v) is 6.76. The molecule has 0 aliphatic heterocycles. The molecule has 104 valence electrons. The second-order valence-electron chi connectivity index (χ2n) is 4.24. The van der Waals surface area contributed by atoms with E-state index < -0.39 is 6.10 Å². The molecule has 1 N–H and O–H groups in total. The van der Waals surface area contributed by atoms with Crippen molar-refractivity contribution in [2.75, 3.05) is 0 Å². The van der Waals surface area contributed by atoms with Crippen LogP contribution in [0.25, 0.3) is 11.0 Å². The number of aliphatic hydroxyl groups is 1. The third-order valence-corrected chi connectivity index (χ3v) is 3.25. The molecule has 0 aliphatic carbocycles. The maximum Gasteiger partial charge on any atom is 0.189 e. The molecular formula is C12H10Cl2N4O2. The van der Waals surface area contributed by atoms with Crippen molar-refractivity contribution in [1.82, 2.24) is 20.2 Å². The summed E-state index contributed by atoms with van der Waals surface area (Å²) in [5.74, 6) is 1.02. The average Bonchev–Trinajstić information content (AvgIpc) is 3.04. The second kappa shape index (κ2) is 5.40. The summed E-state index contributed by atoms with van der Waals surface area (Å²) in [5.41, 5.74) is 0.625. The number of furan rings is 1. The molecule has 0 radical (unpaired) electrons. The minimum Gasteiger partial charge on any atom is -0.458 e. The highest BCUT2D eigenvalue weighted by molar-refractivity contribution is 6.31. The molecule has 0 fully saturated rings. The van der Waals surface area contributed by atoms with Gasteiger partial charge in [0.2, 0.25) is 0 Å². The van der Waals surface area contributed by atoms with Crippen LogP contribution in [0.1, 0.15) is 17.7 Å². The lowest BCUT2D eigenvalue weighted by atomic mass is 10.2. The Morgan fingerprint density at radius 3 is 2.95 bits per heavy atom. The highest BCUT2D eigenvalue weighted by atomic mass is 35.5. The number of hydrogen-bond donors (Lipinski definition) is 1. The number of nitrogens with zero attached hydrogens (tertiary/aromatic N) is 4. The Hall–Kier alpha value is -1.63. The van der Waals surface area contributed by atoms with E-state index in [1.165, 1.54) is 4.80 Å². The molecule has 0 bridgehead atoms. The fourth-order valence-corrected chi connectivity index (χ4v) is 2.11. The Kier molecular flexibility index (Phi) is 3.60. The predicted octanol–water partition coefficient (Wildman–Crippen LogP) is 2.55. The van der Waals surface area contributed by atoms with Gasteiger partial charge in [-0.3, -0.25) is 0 Å². The summed E-state index contributed by atoms with van der Waals surface area (Å²) >= 11 is 11.5. The van der Waals surface area contributed by atoms with E-state index in [1.807, 2.05) is 6.07 Å². The van der Waals surface area contributed by atoms with E-state index in [4.69, 9.17) is 27.6 Å². The lowest BCUT2D eigenvalue weighted by molar-refractivity contribution is 0.122. The van der Waals surface area contributed by atoms with Crippen LogP contribution in [0.5, 0.6) is 0 Å². The Labute approximate surface area is 123 Å². The molecule has 1 aromatic carbocycles. The largest absolute Gasteiger partial charge is 0.458 e. The van der Waals surface area contributed by atoms with Crippen molar-refractivity contribution >= 4 is 34.2 Å². The number of hydrogen-bond acceptors (Lipinski definition) is 5. The van der Waals surface area contributed by atoms with Crippen LogP contribution in [0, 0.1) is 0 Å². The zero-order valence-electron chi connectivity index (χ0n) is 10.2. The molecule has 0 amide bonds. The Morgan fingerprint density at radius 1 is 1.35 bits per heavy atom. The fraction of sp³-hybridized carbons (Fsp3) is 0.250. The van der Waals surface area contributed by atoms with E-state index in [-0.39, 0.29) is 12.4 Å². The number of tetrazole rings is 1. The number of fused-ring (bicyclic) bond motifs is 1. The van der Waals surface area contributed by atoms with Crippen LogP contribution in [0.2, 0.25) is 5.02 Å². The van der Waals surface area contributed by atoms with Gasteiger partial charge in [-0.2, -0.15) is 4.80 Å². The first-order valence-electron chi connectivity index (χ1n) is 5.85. The fourth-order valence-electron chi connectivity index (χ4n) is 1.84. The van der Waals surface area contributed by atoms with Gasteiger partial charge in [0.25, 0.3) is 0 Å². The number of aliphatic hydroxyl groups excluding tert-OH is 1.